The number of carbonyl (C=O) groups excluding carboxylic acids is 4. The standard InChI is InChI=1S/C22H31NO5Si.C19H23NO5/c1-22(2)21(25)23(11-8-9-12-26-3)18-15-17(20(24)27-4)16(14-19(18)28-22)10-13-29(5,6)7;1-6-13-11-16-15(12-14(13)17(21)24-5)20(9-7-8-10-23-4)18(22)19(2,3)25-16/h14-15H,8-9,11-12H2,1-7H3;1,11-12H,7-10H2,2-5H3. The number of amides is 2. The molecule has 0 aromatic heterocycles. The molecule has 0 fully saturated rings. The van der Waals surface area contributed by atoms with Crippen molar-refractivity contribution in [3.8, 4) is 35.3 Å². The maximum absolute atomic E-state index is 13.0. The highest BCUT2D eigenvalue weighted by molar-refractivity contribution is 6.83. The van der Waals surface area contributed by atoms with Gasteiger partial charge in [0.15, 0.2) is 11.2 Å². The molecule has 0 N–H and O–H groups in total. The van der Waals surface area contributed by atoms with Crippen molar-refractivity contribution in [3.63, 3.8) is 0 Å². The molecular formula is C41H54N2O10Si. The van der Waals surface area contributed by atoms with Gasteiger partial charge in [-0.15, -0.1) is 12.0 Å². The molecule has 0 atom stereocenters. The quantitative estimate of drug-likeness (QED) is 0.110. The van der Waals surface area contributed by atoms with Gasteiger partial charge in [0.2, 0.25) is 0 Å². The Kier molecular flexibility index (Phi) is 14.9. The Morgan fingerprint density at radius 2 is 1.11 bits per heavy atom. The minimum atomic E-state index is -1.65. The minimum Gasteiger partial charge on any atom is -0.476 e. The minimum absolute atomic E-state index is 0.140. The fourth-order valence-corrected chi connectivity index (χ4v) is 6.25. The van der Waals surface area contributed by atoms with Crippen LogP contribution in [-0.2, 0) is 28.5 Å². The topological polar surface area (TPSA) is 130 Å². The lowest BCUT2D eigenvalue weighted by molar-refractivity contribution is -0.133. The molecule has 2 aliphatic rings. The number of carbonyl (C=O) groups is 4. The van der Waals surface area contributed by atoms with E-state index in [1.165, 1.54) is 14.2 Å². The molecule has 2 amide bonds. The van der Waals surface area contributed by atoms with Crippen LogP contribution in [0, 0.1) is 23.8 Å². The normalized spacial score (nSPS) is 15.1. The fourth-order valence-electron chi connectivity index (χ4n) is 5.74. The molecule has 0 saturated carbocycles. The van der Waals surface area contributed by atoms with Crippen molar-refractivity contribution in [2.75, 3.05) is 64.5 Å². The molecule has 0 aliphatic carbocycles. The average Bonchev–Trinajstić information content (AvgIpc) is 3.12. The van der Waals surface area contributed by atoms with E-state index in [1.807, 2.05) is 0 Å². The summed E-state index contributed by atoms with van der Waals surface area (Å²) in [5, 5.41) is 0. The van der Waals surface area contributed by atoms with E-state index in [1.54, 1.807) is 76.0 Å². The predicted octanol–water partition coefficient (Wildman–Crippen LogP) is 6.02. The molecule has 54 heavy (non-hydrogen) atoms. The Morgan fingerprint density at radius 3 is 1.48 bits per heavy atom. The highest BCUT2D eigenvalue weighted by Crippen LogP contribution is 2.41. The number of esters is 2. The molecule has 12 nitrogen and oxygen atoms in total. The lowest BCUT2D eigenvalue weighted by Crippen LogP contribution is -2.52. The van der Waals surface area contributed by atoms with Crippen LogP contribution in [0.3, 0.4) is 0 Å². The molecule has 0 unspecified atom stereocenters. The lowest BCUT2D eigenvalue weighted by atomic mass is 9.99. The maximum atomic E-state index is 13.0. The summed E-state index contributed by atoms with van der Waals surface area (Å²) >= 11 is 0. The van der Waals surface area contributed by atoms with Crippen molar-refractivity contribution in [1.29, 1.82) is 0 Å². The number of terminal acetylenes is 1. The third-order valence-corrected chi connectivity index (χ3v) is 9.40. The highest BCUT2D eigenvalue weighted by atomic mass is 28.3. The second-order valence-corrected chi connectivity index (χ2v) is 19.6. The first-order valence-corrected chi connectivity index (χ1v) is 21.4. The van der Waals surface area contributed by atoms with Crippen LogP contribution in [0.4, 0.5) is 11.4 Å². The maximum Gasteiger partial charge on any atom is 0.339 e. The number of anilines is 2. The van der Waals surface area contributed by atoms with E-state index < -0.39 is 31.2 Å². The first kappa shape index (κ1) is 43.6. The van der Waals surface area contributed by atoms with E-state index >= 15 is 0 Å². The highest BCUT2D eigenvalue weighted by Gasteiger charge is 2.42. The molecule has 292 valence electrons. The first-order chi connectivity index (χ1) is 25.3. The van der Waals surface area contributed by atoms with E-state index in [-0.39, 0.29) is 17.4 Å². The van der Waals surface area contributed by atoms with E-state index in [0.717, 1.165) is 25.7 Å². The number of ether oxygens (including phenoxy) is 6. The van der Waals surface area contributed by atoms with Gasteiger partial charge < -0.3 is 38.2 Å². The average molecular weight is 763 g/mol. The second-order valence-electron chi connectivity index (χ2n) is 14.9. The van der Waals surface area contributed by atoms with Gasteiger partial charge in [-0.05, 0) is 77.6 Å². The summed E-state index contributed by atoms with van der Waals surface area (Å²) in [6, 6.07) is 6.60. The monoisotopic (exact) mass is 762 g/mol. The molecule has 2 heterocycles. The molecule has 4 rings (SSSR count). The second kappa shape index (κ2) is 18.5. The summed E-state index contributed by atoms with van der Waals surface area (Å²) in [5.41, 5.74) is 3.89. The molecule has 13 heteroatoms. The molecule has 2 aromatic carbocycles. The third-order valence-electron chi connectivity index (χ3n) is 8.53. The van der Waals surface area contributed by atoms with Gasteiger partial charge in [0.05, 0.1) is 36.7 Å². The van der Waals surface area contributed by atoms with Crippen LogP contribution in [0.5, 0.6) is 11.5 Å². The van der Waals surface area contributed by atoms with E-state index in [2.05, 4.69) is 37.0 Å². The van der Waals surface area contributed by atoms with Gasteiger partial charge in [-0.2, -0.15) is 0 Å². The fraction of sp³-hybridized carbons (Fsp3) is 0.512. The van der Waals surface area contributed by atoms with Crippen molar-refractivity contribution in [1.82, 2.24) is 0 Å². The summed E-state index contributed by atoms with van der Waals surface area (Å²) in [7, 11) is 4.27. The summed E-state index contributed by atoms with van der Waals surface area (Å²) in [6.07, 6.45) is 8.71. The number of fused-ring (bicyclic) bond motifs is 2. The van der Waals surface area contributed by atoms with E-state index in [9.17, 15) is 19.2 Å². The Hall–Kier alpha value is -4.82. The van der Waals surface area contributed by atoms with Crippen LogP contribution in [0.1, 0.15) is 85.2 Å². The van der Waals surface area contributed by atoms with Crippen molar-refractivity contribution in [2.24, 2.45) is 0 Å². The van der Waals surface area contributed by atoms with Gasteiger partial charge in [-0.25, -0.2) is 9.59 Å². The number of methoxy groups -OCH3 is 4. The zero-order valence-corrected chi connectivity index (χ0v) is 34.5. The first-order valence-electron chi connectivity index (χ1n) is 17.9. The number of benzene rings is 2. The molecule has 0 radical (unpaired) electrons. The largest absolute Gasteiger partial charge is 0.476 e. The van der Waals surface area contributed by atoms with Crippen molar-refractivity contribution in [2.45, 2.75) is 84.2 Å². The number of nitrogens with zero attached hydrogens (tertiary/aromatic N) is 2. The Morgan fingerprint density at radius 1 is 0.704 bits per heavy atom. The molecule has 2 aliphatic heterocycles. The summed E-state index contributed by atoms with van der Waals surface area (Å²) < 4.78 is 31.7. The number of hydrogen-bond donors (Lipinski definition) is 0. The van der Waals surface area contributed by atoms with Crippen LogP contribution in [0.25, 0.3) is 0 Å². The molecular weight excluding hydrogens is 709 g/mol. The van der Waals surface area contributed by atoms with E-state index in [4.69, 9.17) is 34.8 Å². The van der Waals surface area contributed by atoms with Crippen LogP contribution >= 0.6 is 0 Å². The summed E-state index contributed by atoms with van der Waals surface area (Å²) in [4.78, 5) is 53.6. The zero-order valence-electron chi connectivity index (χ0n) is 33.5. The molecule has 0 saturated heterocycles. The van der Waals surface area contributed by atoms with Gasteiger partial charge in [0, 0.05) is 51.6 Å². The Bertz CT molecular complexity index is 1830. The number of rotatable bonds is 12. The smallest absolute Gasteiger partial charge is 0.339 e. The zero-order chi connectivity index (χ0) is 40.4. The van der Waals surface area contributed by atoms with Crippen LogP contribution in [0.15, 0.2) is 24.3 Å². The van der Waals surface area contributed by atoms with Gasteiger partial charge in [-0.1, -0.05) is 31.5 Å². The Balaban J connectivity index is 0.000000294. The summed E-state index contributed by atoms with van der Waals surface area (Å²) in [5.74, 6) is 5.31. The lowest BCUT2D eigenvalue weighted by Gasteiger charge is -2.39. The van der Waals surface area contributed by atoms with Crippen LogP contribution in [-0.4, -0.2) is 97.8 Å². The Labute approximate surface area is 320 Å². The van der Waals surface area contributed by atoms with Crippen molar-refractivity contribution in [3.05, 3.63) is 46.5 Å². The van der Waals surface area contributed by atoms with Crippen molar-refractivity contribution < 1.29 is 47.6 Å². The van der Waals surface area contributed by atoms with Crippen LogP contribution in [0.2, 0.25) is 19.6 Å². The third kappa shape index (κ3) is 10.7. The van der Waals surface area contributed by atoms with Gasteiger partial charge in [-0.3, -0.25) is 9.59 Å². The molecule has 0 bridgehead atoms. The molecule has 0 spiro atoms. The van der Waals surface area contributed by atoms with Gasteiger partial charge in [0.25, 0.3) is 11.8 Å². The van der Waals surface area contributed by atoms with Crippen LogP contribution < -0.4 is 19.3 Å². The predicted molar refractivity (Wildman–Crippen MR) is 210 cm³/mol. The SMILES string of the molecule is C#Cc1cc2c(cc1C(=O)OC)N(CCCCOC)C(=O)C(C)(C)O2.COCCCCN1C(=O)C(C)(C)Oc2cc(C#C[Si](C)(C)C)c(C(=O)OC)cc21. The van der Waals surface area contributed by atoms with Gasteiger partial charge >= 0.3 is 11.9 Å². The van der Waals surface area contributed by atoms with Crippen molar-refractivity contribution >= 4 is 43.2 Å². The summed E-state index contributed by atoms with van der Waals surface area (Å²) in [6.45, 7) is 15.6. The molecule has 2 aromatic rings. The van der Waals surface area contributed by atoms with E-state index in [0.29, 0.717) is 65.9 Å². The number of unbranched alkanes of at least 4 members (excludes halogenated alkanes) is 2. The number of hydrogen-bond acceptors (Lipinski definition) is 10. The van der Waals surface area contributed by atoms with Gasteiger partial charge in [0.1, 0.15) is 19.6 Å².